The van der Waals surface area contributed by atoms with Crippen molar-refractivity contribution in [2.45, 2.75) is 19.3 Å². The fraction of sp³-hybridized carbons (Fsp3) is 0.455. The van der Waals surface area contributed by atoms with E-state index in [9.17, 15) is 9.59 Å². The summed E-state index contributed by atoms with van der Waals surface area (Å²) >= 11 is 0. The molecule has 0 atom stereocenters. The zero-order valence-corrected chi connectivity index (χ0v) is 8.82. The van der Waals surface area contributed by atoms with Crippen molar-refractivity contribution in [3.8, 4) is 0 Å². The van der Waals surface area contributed by atoms with Gasteiger partial charge in [0.25, 0.3) is 0 Å². The Kier molecular flexibility index (Phi) is 2.68. The van der Waals surface area contributed by atoms with Gasteiger partial charge in [0.05, 0.1) is 0 Å². The van der Waals surface area contributed by atoms with Gasteiger partial charge < -0.3 is 15.4 Å². The third kappa shape index (κ3) is 1.93. The van der Waals surface area contributed by atoms with Gasteiger partial charge in [0.1, 0.15) is 5.41 Å². The molecule has 3 N–H and O–H groups in total. The monoisotopic (exact) mass is 222 g/mol. The van der Waals surface area contributed by atoms with Gasteiger partial charge in [0.15, 0.2) is 0 Å². The summed E-state index contributed by atoms with van der Waals surface area (Å²) in [7, 11) is 0. The van der Waals surface area contributed by atoms with E-state index in [1.54, 1.807) is 0 Å². The predicted octanol–water partition coefficient (Wildman–Crippen LogP) is 0.538. The molecule has 5 heteroatoms. The van der Waals surface area contributed by atoms with E-state index in [-0.39, 0.29) is 5.91 Å². The topological polar surface area (TPSA) is 82.2 Å². The van der Waals surface area contributed by atoms with Crippen LogP contribution in [-0.2, 0) is 16.0 Å². The van der Waals surface area contributed by atoms with E-state index >= 15 is 0 Å². The molecule has 0 aromatic carbocycles. The van der Waals surface area contributed by atoms with Crippen LogP contribution >= 0.6 is 0 Å². The van der Waals surface area contributed by atoms with Crippen LogP contribution in [0.3, 0.4) is 0 Å². The zero-order chi connectivity index (χ0) is 11.6. The molecule has 1 fully saturated rings. The maximum absolute atomic E-state index is 11.6. The highest BCUT2D eigenvalue weighted by atomic mass is 16.4. The molecular formula is C11H14N2O3. The Morgan fingerprint density at radius 2 is 2.25 bits per heavy atom. The number of carbonyl (C=O) groups is 2. The minimum absolute atomic E-state index is 0.351. The van der Waals surface area contributed by atoms with Crippen molar-refractivity contribution in [3.63, 3.8) is 0 Å². The molecule has 1 aliphatic carbocycles. The number of amides is 1. The smallest absolute Gasteiger partial charge is 0.319 e. The summed E-state index contributed by atoms with van der Waals surface area (Å²) in [5, 5.41) is 11.6. The molecule has 0 bridgehead atoms. The third-order valence-electron chi connectivity index (χ3n) is 2.96. The van der Waals surface area contributed by atoms with Gasteiger partial charge >= 0.3 is 5.97 Å². The van der Waals surface area contributed by atoms with Gasteiger partial charge in [-0.05, 0) is 30.9 Å². The number of hydrogen-bond donors (Lipinski definition) is 3. The molecule has 1 heterocycles. The number of hydrogen-bond acceptors (Lipinski definition) is 2. The Morgan fingerprint density at radius 1 is 1.50 bits per heavy atom. The van der Waals surface area contributed by atoms with Crippen molar-refractivity contribution >= 4 is 11.9 Å². The van der Waals surface area contributed by atoms with E-state index in [0.717, 1.165) is 5.56 Å². The minimum Gasteiger partial charge on any atom is -0.480 e. The van der Waals surface area contributed by atoms with Gasteiger partial charge in [-0.3, -0.25) is 9.59 Å². The van der Waals surface area contributed by atoms with Crippen molar-refractivity contribution in [1.29, 1.82) is 0 Å². The number of H-pyrrole nitrogens is 1. The highest BCUT2D eigenvalue weighted by molar-refractivity contribution is 6.04. The highest BCUT2D eigenvalue weighted by Crippen LogP contribution is 2.45. The van der Waals surface area contributed by atoms with Gasteiger partial charge in [-0.25, -0.2) is 0 Å². The average Bonchev–Trinajstić information content (AvgIpc) is 2.92. The lowest BCUT2D eigenvalue weighted by atomic mass is 10.1. The van der Waals surface area contributed by atoms with Crippen LogP contribution in [0.1, 0.15) is 18.4 Å². The molecule has 1 aromatic heterocycles. The first kappa shape index (κ1) is 10.7. The summed E-state index contributed by atoms with van der Waals surface area (Å²) < 4.78 is 0. The fourth-order valence-electron chi connectivity index (χ4n) is 1.67. The van der Waals surface area contributed by atoms with Crippen molar-refractivity contribution < 1.29 is 14.7 Å². The molecule has 0 saturated heterocycles. The van der Waals surface area contributed by atoms with E-state index < -0.39 is 11.4 Å². The molecular weight excluding hydrogens is 208 g/mol. The summed E-state index contributed by atoms with van der Waals surface area (Å²) in [5.41, 5.74) is -0.0292. The molecule has 0 unspecified atom stereocenters. The average molecular weight is 222 g/mol. The first-order valence-electron chi connectivity index (χ1n) is 5.28. The second-order valence-electron chi connectivity index (χ2n) is 4.11. The SMILES string of the molecule is O=C(O)C1(C(=O)NCCc2cc[nH]c2)CC1. The molecule has 16 heavy (non-hydrogen) atoms. The standard InChI is InChI=1S/C11H14N2O3/c14-9(11(3-4-11)10(15)16)13-6-2-8-1-5-12-7-8/h1,5,7,12H,2-4,6H2,(H,13,14)(H,15,16). The summed E-state index contributed by atoms with van der Waals surface area (Å²) in [4.78, 5) is 25.4. The van der Waals surface area contributed by atoms with Crippen molar-refractivity contribution in [3.05, 3.63) is 24.0 Å². The van der Waals surface area contributed by atoms with Gasteiger partial charge in [-0.2, -0.15) is 0 Å². The number of aromatic amines is 1. The number of rotatable bonds is 5. The number of carboxylic acids is 1. The highest BCUT2D eigenvalue weighted by Gasteiger charge is 2.56. The first-order valence-corrected chi connectivity index (χ1v) is 5.28. The first-order chi connectivity index (χ1) is 7.65. The quantitative estimate of drug-likeness (QED) is 0.636. The Morgan fingerprint density at radius 3 is 2.75 bits per heavy atom. The van der Waals surface area contributed by atoms with Gasteiger partial charge in [0, 0.05) is 18.9 Å². The lowest BCUT2D eigenvalue weighted by molar-refractivity contribution is -0.149. The zero-order valence-electron chi connectivity index (χ0n) is 8.82. The Balaban J connectivity index is 1.79. The Bertz CT molecular complexity index is 393. The third-order valence-corrected chi connectivity index (χ3v) is 2.96. The van der Waals surface area contributed by atoms with Gasteiger partial charge in [-0.1, -0.05) is 0 Å². The molecule has 0 spiro atoms. The molecule has 86 valence electrons. The van der Waals surface area contributed by atoms with E-state index in [2.05, 4.69) is 10.3 Å². The summed E-state index contributed by atoms with van der Waals surface area (Å²) in [6.07, 6.45) is 5.30. The molecule has 1 saturated carbocycles. The maximum atomic E-state index is 11.6. The molecule has 5 nitrogen and oxygen atoms in total. The van der Waals surface area contributed by atoms with Crippen LogP contribution in [0.15, 0.2) is 18.5 Å². The number of nitrogens with one attached hydrogen (secondary N) is 2. The predicted molar refractivity (Wildman–Crippen MR) is 56.8 cm³/mol. The summed E-state index contributed by atoms with van der Waals surface area (Å²) in [6.45, 7) is 0.478. The minimum atomic E-state index is -1.13. The van der Waals surface area contributed by atoms with Crippen LogP contribution in [0.2, 0.25) is 0 Å². The molecule has 1 aromatic rings. The largest absolute Gasteiger partial charge is 0.480 e. The molecule has 0 radical (unpaired) electrons. The molecule has 0 aliphatic heterocycles. The van der Waals surface area contributed by atoms with E-state index in [4.69, 9.17) is 5.11 Å². The van der Waals surface area contributed by atoms with Crippen LogP contribution in [0.4, 0.5) is 0 Å². The fourth-order valence-corrected chi connectivity index (χ4v) is 1.67. The summed E-state index contributed by atoms with van der Waals surface area (Å²) in [5.74, 6) is -1.36. The van der Waals surface area contributed by atoms with Crippen molar-refractivity contribution in [2.75, 3.05) is 6.54 Å². The van der Waals surface area contributed by atoms with Crippen molar-refractivity contribution in [1.82, 2.24) is 10.3 Å². The Labute approximate surface area is 92.9 Å². The van der Waals surface area contributed by atoms with Crippen LogP contribution in [-0.4, -0.2) is 28.5 Å². The van der Waals surface area contributed by atoms with E-state index in [1.165, 1.54) is 0 Å². The van der Waals surface area contributed by atoms with Crippen LogP contribution < -0.4 is 5.32 Å². The number of carbonyl (C=O) groups excluding carboxylic acids is 1. The number of aromatic nitrogens is 1. The normalized spacial score (nSPS) is 16.8. The maximum Gasteiger partial charge on any atom is 0.319 e. The van der Waals surface area contributed by atoms with Crippen LogP contribution in [0, 0.1) is 5.41 Å². The van der Waals surface area contributed by atoms with Crippen LogP contribution in [0.5, 0.6) is 0 Å². The second-order valence-corrected chi connectivity index (χ2v) is 4.11. The second kappa shape index (κ2) is 4.00. The van der Waals surface area contributed by atoms with Crippen molar-refractivity contribution in [2.24, 2.45) is 5.41 Å². The molecule has 2 rings (SSSR count). The number of aliphatic carboxylic acids is 1. The molecule has 1 amide bonds. The van der Waals surface area contributed by atoms with E-state index in [0.29, 0.717) is 25.8 Å². The van der Waals surface area contributed by atoms with Gasteiger partial charge in [0.2, 0.25) is 5.91 Å². The number of carboxylic acid groups (broad SMARTS) is 1. The lowest BCUT2D eigenvalue weighted by Gasteiger charge is -2.09. The van der Waals surface area contributed by atoms with Gasteiger partial charge in [-0.15, -0.1) is 0 Å². The van der Waals surface area contributed by atoms with E-state index in [1.807, 2.05) is 18.5 Å². The van der Waals surface area contributed by atoms with Crippen LogP contribution in [0.25, 0.3) is 0 Å². The Hall–Kier alpha value is -1.78. The molecule has 1 aliphatic rings. The summed E-state index contributed by atoms with van der Waals surface area (Å²) in [6, 6.07) is 1.93. The lowest BCUT2D eigenvalue weighted by Crippen LogP contribution is -2.37.